The van der Waals surface area contributed by atoms with Gasteiger partial charge in [-0.15, -0.1) is 11.3 Å². The number of anilines is 1. The van der Waals surface area contributed by atoms with Crippen LogP contribution < -0.4 is 15.5 Å². The van der Waals surface area contributed by atoms with E-state index in [0.29, 0.717) is 5.11 Å². The molecule has 3 aromatic rings. The lowest BCUT2D eigenvalue weighted by Crippen LogP contribution is -2.24. The number of fused-ring (bicyclic) bond motifs is 1. The fraction of sp³-hybridized carbons (Fsp3) is 0.188. The lowest BCUT2D eigenvalue weighted by Gasteiger charge is -2.08. The van der Waals surface area contributed by atoms with E-state index in [-0.39, 0.29) is 0 Å². The van der Waals surface area contributed by atoms with Gasteiger partial charge >= 0.3 is 0 Å². The van der Waals surface area contributed by atoms with Crippen molar-refractivity contribution in [1.29, 1.82) is 0 Å². The summed E-state index contributed by atoms with van der Waals surface area (Å²) in [5.74, 6) is 0.761. The van der Waals surface area contributed by atoms with Crippen molar-refractivity contribution < 1.29 is 4.74 Å². The molecule has 0 spiro atoms. The quantitative estimate of drug-likeness (QED) is 0.425. The summed E-state index contributed by atoms with van der Waals surface area (Å²) in [5.41, 5.74) is 6.66. The second-order valence-electron chi connectivity index (χ2n) is 5.13. The molecule has 24 heavy (non-hydrogen) atoms. The second kappa shape index (κ2) is 6.98. The molecule has 0 radical (unpaired) electrons. The SMILES string of the molecule is COc1cccc(NC(=S)N/N=C/c2c(C)nc3scc(C)n23)c1. The molecule has 0 aliphatic rings. The molecule has 0 unspecified atom stereocenters. The van der Waals surface area contributed by atoms with Gasteiger partial charge in [0.2, 0.25) is 0 Å². The van der Waals surface area contributed by atoms with Crippen LogP contribution in [0.1, 0.15) is 17.1 Å². The van der Waals surface area contributed by atoms with E-state index in [4.69, 9.17) is 17.0 Å². The fourth-order valence-corrected chi connectivity index (χ4v) is 3.38. The molecule has 0 atom stereocenters. The molecule has 0 fully saturated rings. The molecular weight excluding hydrogens is 342 g/mol. The average Bonchev–Trinajstić information content (AvgIpc) is 3.07. The van der Waals surface area contributed by atoms with E-state index in [1.54, 1.807) is 24.7 Å². The molecule has 8 heteroatoms. The van der Waals surface area contributed by atoms with Gasteiger partial charge in [0.15, 0.2) is 10.1 Å². The molecule has 0 saturated heterocycles. The molecule has 6 nitrogen and oxygen atoms in total. The number of aryl methyl sites for hydroxylation is 2. The summed E-state index contributed by atoms with van der Waals surface area (Å²) in [6, 6.07) is 7.52. The zero-order valence-electron chi connectivity index (χ0n) is 13.5. The van der Waals surface area contributed by atoms with E-state index in [2.05, 4.69) is 30.6 Å². The highest BCUT2D eigenvalue weighted by Gasteiger charge is 2.10. The number of aromatic nitrogens is 2. The standard InChI is InChI=1S/C16H17N5OS2/c1-10-9-24-16-18-11(2)14(21(10)16)8-17-20-15(23)19-12-5-4-6-13(7-12)22-3/h4-9H,1-3H3,(H2,19,20,23)/b17-8+. The number of methoxy groups -OCH3 is 1. The third-order valence-electron chi connectivity index (χ3n) is 3.43. The topological polar surface area (TPSA) is 63.0 Å². The van der Waals surface area contributed by atoms with Crippen LogP contribution in [0.25, 0.3) is 4.96 Å². The number of rotatable bonds is 4. The first-order valence-corrected chi connectivity index (χ1v) is 8.54. The molecule has 1 aromatic carbocycles. The zero-order chi connectivity index (χ0) is 17.1. The molecule has 3 rings (SSSR count). The third kappa shape index (κ3) is 3.39. The maximum absolute atomic E-state index is 5.25. The van der Waals surface area contributed by atoms with Crippen molar-refractivity contribution in [2.24, 2.45) is 5.10 Å². The smallest absolute Gasteiger partial charge is 0.194 e. The van der Waals surface area contributed by atoms with E-state index in [1.165, 1.54) is 0 Å². The Morgan fingerprint density at radius 1 is 1.42 bits per heavy atom. The Bertz CT molecular complexity index is 912. The van der Waals surface area contributed by atoms with E-state index < -0.39 is 0 Å². The molecule has 2 N–H and O–H groups in total. The number of thiocarbonyl (C=S) groups is 1. The first-order chi connectivity index (χ1) is 11.6. The summed E-state index contributed by atoms with van der Waals surface area (Å²) in [7, 11) is 1.63. The molecule has 124 valence electrons. The van der Waals surface area contributed by atoms with Crippen LogP contribution in [0.15, 0.2) is 34.7 Å². The van der Waals surface area contributed by atoms with Crippen LogP contribution >= 0.6 is 23.6 Å². The highest BCUT2D eigenvalue weighted by molar-refractivity contribution is 7.80. The summed E-state index contributed by atoms with van der Waals surface area (Å²) in [5, 5.41) is 9.75. The number of hydrogen-bond acceptors (Lipinski definition) is 5. The van der Waals surface area contributed by atoms with E-state index >= 15 is 0 Å². The molecular formula is C16H17N5OS2. The maximum atomic E-state index is 5.25. The largest absolute Gasteiger partial charge is 0.497 e. The number of ether oxygens (including phenoxy) is 1. The first-order valence-electron chi connectivity index (χ1n) is 7.25. The molecule has 0 aliphatic heterocycles. The van der Waals surface area contributed by atoms with Crippen LogP contribution in [0.4, 0.5) is 5.69 Å². The van der Waals surface area contributed by atoms with Crippen LogP contribution in [0.5, 0.6) is 5.75 Å². The Kier molecular flexibility index (Phi) is 4.77. The minimum Gasteiger partial charge on any atom is -0.497 e. The Morgan fingerprint density at radius 2 is 2.25 bits per heavy atom. The van der Waals surface area contributed by atoms with Crippen molar-refractivity contribution in [1.82, 2.24) is 14.8 Å². The Hall–Kier alpha value is -2.45. The zero-order valence-corrected chi connectivity index (χ0v) is 15.2. The van der Waals surface area contributed by atoms with Crippen molar-refractivity contribution in [2.45, 2.75) is 13.8 Å². The number of imidazole rings is 1. The van der Waals surface area contributed by atoms with Crippen LogP contribution in [0.3, 0.4) is 0 Å². The number of benzene rings is 1. The molecule has 0 bridgehead atoms. The third-order valence-corrected chi connectivity index (χ3v) is 4.57. The summed E-state index contributed by atoms with van der Waals surface area (Å²) in [6.45, 7) is 4.01. The maximum Gasteiger partial charge on any atom is 0.194 e. The minimum absolute atomic E-state index is 0.403. The van der Waals surface area contributed by atoms with Gasteiger partial charge in [-0.1, -0.05) is 6.07 Å². The summed E-state index contributed by atoms with van der Waals surface area (Å²) >= 11 is 6.86. The first kappa shape index (κ1) is 16.4. The van der Waals surface area contributed by atoms with E-state index in [9.17, 15) is 0 Å². The van der Waals surface area contributed by atoms with Crippen molar-refractivity contribution in [3.63, 3.8) is 0 Å². The van der Waals surface area contributed by atoms with Gasteiger partial charge in [-0.2, -0.15) is 5.10 Å². The predicted molar refractivity (Wildman–Crippen MR) is 102 cm³/mol. The second-order valence-corrected chi connectivity index (χ2v) is 6.38. The average molecular weight is 359 g/mol. The van der Waals surface area contributed by atoms with Gasteiger partial charge in [0, 0.05) is 22.8 Å². The monoisotopic (exact) mass is 359 g/mol. The fourth-order valence-electron chi connectivity index (χ4n) is 2.29. The number of hydrogen-bond donors (Lipinski definition) is 2. The van der Waals surface area contributed by atoms with Crippen molar-refractivity contribution >= 4 is 45.5 Å². The lowest BCUT2D eigenvalue weighted by molar-refractivity contribution is 0.415. The number of nitrogens with zero attached hydrogens (tertiary/aromatic N) is 3. The van der Waals surface area contributed by atoms with Crippen LogP contribution in [0.2, 0.25) is 0 Å². The number of thiazole rings is 1. The normalized spacial score (nSPS) is 11.1. The molecule has 2 heterocycles. The number of nitrogens with one attached hydrogen (secondary N) is 2. The van der Waals surface area contributed by atoms with Gasteiger partial charge in [-0.3, -0.25) is 9.83 Å². The molecule has 0 amide bonds. The minimum atomic E-state index is 0.403. The van der Waals surface area contributed by atoms with Gasteiger partial charge in [-0.05, 0) is 38.2 Å². The predicted octanol–water partition coefficient (Wildman–Crippen LogP) is 3.34. The Balaban J connectivity index is 1.68. The summed E-state index contributed by atoms with van der Waals surface area (Å²) in [4.78, 5) is 5.48. The van der Waals surface area contributed by atoms with Crippen molar-refractivity contribution in [3.8, 4) is 5.75 Å². The van der Waals surface area contributed by atoms with Gasteiger partial charge < -0.3 is 10.1 Å². The molecule has 2 aromatic heterocycles. The molecule has 0 saturated carbocycles. The Morgan fingerprint density at radius 3 is 3.04 bits per heavy atom. The highest BCUT2D eigenvalue weighted by Crippen LogP contribution is 2.19. The van der Waals surface area contributed by atoms with Gasteiger partial charge in [0.1, 0.15) is 5.75 Å². The van der Waals surface area contributed by atoms with Crippen LogP contribution in [-0.4, -0.2) is 27.8 Å². The van der Waals surface area contributed by atoms with E-state index in [1.807, 2.05) is 38.1 Å². The Labute approximate surface area is 149 Å². The van der Waals surface area contributed by atoms with Crippen molar-refractivity contribution in [3.05, 3.63) is 46.7 Å². The van der Waals surface area contributed by atoms with Gasteiger partial charge in [-0.25, -0.2) is 4.98 Å². The van der Waals surface area contributed by atoms with Crippen LogP contribution in [-0.2, 0) is 0 Å². The van der Waals surface area contributed by atoms with Crippen molar-refractivity contribution in [2.75, 3.05) is 12.4 Å². The lowest BCUT2D eigenvalue weighted by atomic mass is 10.3. The van der Waals surface area contributed by atoms with Gasteiger partial charge in [0.05, 0.1) is 24.7 Å². The molecule has 0 aliphatic carbocycles. The van der Waals surface area contributed by atoms with Gasteiger partial charge in [0.25, 0.3) is 0 Å². The number of hydrazone groups is 1. The van der Waals surface area contributed by atoms with Crippen LogP contribution in [0, 0.1) is 13.8 Å². The highest BCUT2D eigenvalue weighted by atomic mass is 32.1. The van der Waals surface area contributed by atoms with E-state index in [0.717, 1.165) is 33.5 Å². The summed E-state index contributed by atoms with van der Waals surface area (Å²) < 4.78 is 7.26. The summed E-state index contributed by atoms with van der Waals surface area (Å²) in [6.07, 6.45) is 1.73.